The zero-order valence-electron chi connectivity index (χ0n) is 11.7. The summed E-state index contributed by atoms with van der Waals surface area (Å²) in [6.07, 6.45) is 5.30. The molecule has 0 spiro atoms. The Hall–Kier alpha value is -0.380. The topological polar surface area (TPSA) is 60.7 Å². The Bertz CT molecular complexity index is 344. The number of fused-ring (bicyclic) bond motifs is 1. The van der Waals surface area contributed by atoms with E-state index in [9.17, 15) is 15.3 Å². The molecule has 0 aromatic carbocycles. The molecule has 3 nitrogen and oxygen atoms in total. The van der Waals surface area contributed by atoms with Gasteiger partial charge in [-0.2, -0.15) is 0 Å². The first-order valence-corrected chi connectivity index (χ1v) is 7.04. The lowest BCUT2D eigenvalue weighted by molar-refractivity contribution is -0.0419. The minimum absolute atomic E-state index is 0.0130. The molecule has 2 aliphatic rings. The standard InChI is InChI=1S/C15H26O3/c1-10(9-16)11-4-6-14(2,17)12-5-7-15(3,18)13(12)8-11/h8,10,12-13,16-18H,4-7,9H2,1-3H3. The van der Waals surface area contributed by atoms with Crippen LogP contribution in [0.1, 0.15) is 46.5 Å². The van der Waals surface area contributed by atoms with Crippen LogP contribution in [0.15, 0.2) is 11.6 Å². The van der Waals surface area contributed by atoms with E-state index in [0.29, 0.717) is 0 Å². The molecule has 1 saturated carbocycles. The van der Waals surface area contributed by atoms with Crippen molar-refractivity contribution in [1.29, 1.82) is 0 Å². The molecule has 0 bridgehead atoms. The van der Waals surface area contributed by atoms with E-state index in [1.807, 2.05) is 20.8 Å². The Morgan fingerprint density at radius 2 is 1.94 bits per heavy atom. The largest absolute Gasteiger partial charge is 0.396 e. The first-order chi connectivity index (χ1) is 8.28. The minimum atomic E-state index is -0.723. The van der Waals surface area contributed by atoms with Gasteiger partial charge in [-0.05, 0) is 45.4 Å². The molecule has 2 aliphatic carbocycles. The number of rotatable bonds is 2. The summed E-state index contributed by atoms with van der Waals surface area (Å²) in [4.78, 5) is 0. The Balaban J connectivity index is 2.34. The lowest BCUT2D eigenvalue weighted by atomic mass is 9.77. The van der Waals surface area contributed by atoms with Gasteiger partial charge in [0, 0.05) is 18.4 Å². The highest BCUT2D eigenvalue weighted by molar-refractivity contribution is 5.19. The molecule has 0 aromatic rings. The molecule has 104 valence electrons. The molecule has 18 heavy (non-hydrogen) atoms. The molecule has 0 radical (unpaired) electrons. The Morgan fingerprint density at radius 3 is 2.56 bits per heavy atom. The fourth-order valence-corrected chi connectivity index (χ4v) is 3.65. The summed E-state index contributed by atoms with van der Waals surface area (Å²) in [6.45, 7) is 5.90. The van der Waals surface area contributed by atoms with Crippen molar-refractivity contribution in [2.75, 3.05) is 6.61 Å². The summed E-state index contributed by atoms with van der Waals surface area (Å²) in [5.41, 5.74) is -0.245. The maximum absolute atomic E-state index is 10.6. The SMILES string of the molecule is CC(CO)C1=CC2C(CCC2(C)O)C(C)(O)CC1. The highest BCUT2D eigenvalue weighted by Crippen LogP contribution is 2.50. The molecule has 1 fully saturated rings. The molecule has 2 rings (SSSR count). The van der Waals surface area contributed by atoms with Crippen LogP contribution in [-0.2, 0) is 0 Å². The van der Waals surface area contributed by atoms with Crippen LogP contribution in [0, 0.1) is 17.8 Å². The summed E-state index contributed by atoms with van der Waals surface area (Å²) < 4.78 is 0. The molecular formula is C15H26O3. The Morgan fingerprint density at radius 1 is 1.28 bits per heavy atom. The third-order valence-corrected chi connectivity index (χ3v) is 5.13. The second-order valence-electron chi connectivity index (χ2n) is 6.71. The molecule has 0 aliphatic heterocycles. The Kier molecular flexibility index (Phi) is 3.60. The van der Waals surface area contributed by atoms with Gasteiger partial charge in [0.15, 0.2) is 0 Å². The van der Waals surface area contributed by atoms with Gasteiger partial charge < -0.3 is 15.3 Å². The van der Waals surface area contributed by atoms with Crippen LogP contribution in [0.25, 0.3) is 0 Å². The van der Waals surface area contributed by atoms with Crippen LogP contribution < -0.4 is 0 Å². The van der Waals surface area contributed by atoms with Crippen molar-refractivity contribution in [2.45, 2.75) is 57.7 Å². The van der Waals surface area contributed by atoms with Crippen molar-refractivity contribution in [3.8, 4) is 0 Å². The van der Waals surface area contributed by atoms with Crippen LogP contribution in [0.5, 0.6) is 0 Å². The van der Waals surface area contributed by atoms with Gasteiger partial charge in [-0.15, -0.1) is 0 Å². The lowest BCUT2D eigenvalue weighted by Crippen LogP contribution is -2.40. The van der Waals surface area contributed by atoms with Crippen molar-refractivity contribution >= 4 is 0 Å². The summed E-state index contributed by atoms with van der Waals surface area (Å²) in [6, 6.07) is 0. The highest BCUT2D eigenvalue weighted by Gasteiger charge is 2.50. The zero-order chi connectivity index (χ0) is 13.6. The van der Waals surface area contributed by atoms with Crippen molar-refractivity contribution in [2.24, 2.45) is 17.8 Å². The zero-order valence-corrected chi connectivity index (χ0v) is 11.7. The summed E-state index contributed by atoms with van der Waals surface area (Å²) in [7, 11) is 0. The molecule has 5 atom stereocenters. The second kappa shape index (κ2) is 4.62. The van der Waals surface area contributed by atoms with Crippen LogP contribution in [-0.4, -0.2) is 33.1 Å². The van der Waals surface area contributed by atoms with Crippen molar-refractivity contribution in [3.63, 3.8) is 0 Å². The quantitative estimate of drug-likeness (QED) is 0.659. The average Bonchev–Trinajstić information content (AvgIpc) is 2.50. The van der Waals surface area contributed by atoms with Crippen LogP contribution >= 0.6 is 0 Å². The van der Waals surface area contributed by atoms with E-state index in [0.717, 1.165) is 25.7 Å². The number of aliphatic hydroxyl groups excluding tert-OH is 1. The van der Waals surface area contributed by atoms with Crippen LogP contribution in [0.2, 0.25) is 0 Å². The van der Waals surface area contributed by atoms with E-state index in [4.69, 9.17) is 0 Å². The van der Waals surface area contributed by atoms with Gasteiger partial charge in [0.1, 0.15) is 0 Å². The van der Waals surface area contributed by atoms with Crippen molar-refractivity contribution in [3.05, 3.63) is 11.6 Å². The van der Waals surface area contributed by atoms with E-state index < -0.39 is 11.2 Å². The summed E-state index contributed by atoms with van der Waals surface area (Å²) in [5.74, 6) is 0.269. The lowest BCUT2D eigenvalue weighted by Gasteiger charge is -2.34. The van der Waals surface area contributed by atoms with Gasteiger partial charge in [-0.1, -0.05) is 18.6 Å². The van der Waals surface area contributed by atoms with Crippen LogP contribution in [0.3, 0.4) is 0 Å². The van der Waals surface area contributed by atoms with Gasteiger partial charge in [0.05, 0.1) is 11.2 Å². The average molecular weight is 254 g/mol. The van der Waals surface area contributed by atoms with Gasteiger partial charge in [-0.25, -0.2) is 0 Å². The fourth-order valence-electron chi connectivity index (χ4n) is 3.65. The number of hydrogen-bond acceptors (Lipinski definition) is 3. The van der Waals surface area contributed by atoms with Crippen molar-refractivity contribution in [1.82, 2.24) is 0 Å². The molecule has 0 amide bonds. The van der Waals surface area contributed by atoms with Gasteiger partial charge >= 0.3 is 0 Å². The first-order valence-electron chi connectivity index (χ1n) is 7.04. The van der Waals surface area contributed by atoms with E-state index >= 15 is 0 Å². The predicted molar refractivity (Wildman–Crippen MR) is 71.0 cm³/mol. The molecule has 5 unspecified atom stereocenters. The number of aliphatic hydroxyl groups is 3. The normalized spacial score (nSPS) is 46.2. The van der Waals surface area contributed by atoms with E-state index in [1.54, 1.807) is 0 Å². The molecule has 0 aromatic heterocycles. The maximum atomic E-state index is 10.6. The first kappa shape index (κ1) is 14.0. The highest BCUT2D eigenvalue weighted by atomic mass is 16.3. The summed E-state index contributed by atoms with van der Waals surface area (Å²) >= 11 is 0. The van der Waals surface area contributed by atoms with E-state index in [1.165, 1.54) is 5.57 Å². The third kappa shape index (κ3) is 2.36. The molecular weight excluding hydrogens is 228 g/mol. The molecule has 0 saturated heterocycles. The second-order valence-corrected chi connectivity index (χ2v) is 6.71. The smallest absolute Gasteiger partial charge is 0.0686 e. The molecule has 0 heterocycles. The Labute approximate surface area is 110 Å². The van der Waals surface area contributed by atoms with E-state index in [2.05, 4.69) is 6.08 Å². The fraction of sp³-hybridized carbons (Fsp3) is 0.867. The minimum Gasteiger partial charge on any atom is -0.396 e. The monoisotopic (exact) mass is 254 g/mol. The third-order valence-electron chi connectivity index (χ3n) is 5.13. The van der Waals surface area contributed by atoms with Crippen molar-refractivity contribution < 1.29 is 15.3 Å². The van der Waals surface area contributed by atoms with Gasteiger partial charge in [0.2, 0.25) is 0 Å². The summed E-state index contributed by atoms with van der Waals surface area (Å²) in [5, 5.41) is 30.4. The molecule has 3 N–H and O–H groups in total. The number of hydrogen-bond donors (Lipinski definition) is 3. The van der Waals surface area contributed by atoms with Gasteiger partial charge in [-0.3, -0.25) is 0 Å². The predicted octanol–water partition coefficient (Wildman–Crippen LogP) is 1.86. The van der Waals surface area contributed by atoms with Crippen LogP contribution in [0.4, 0.5) is 0 Å². The molecule has 3 heteroatoms. The maximum Gasteiger partial charge on any atom is 0.0686 e. The van der Waals surface area contributed by atoms with Gasteiger partial charge in [0.25, 0.3) is 0 Å². The van der Waals surface area contributed by atoms with E-state index in [-0.39, 0.29) is 24.4 Å².